The van der Waals surface area contributed by atoms with E-state index in [4.69, 9.17) is 4.84 Å². The third kappa shape index (κ3) is 1.78. The molecular formula is C9H9F2NO. The quantitative estimate of drug-likeness (QED) is 0.698. The van der Waals surface area contributed by atoms with Crippen LogP contribution >= 0.6 is 0 Å². The van der Waals surface area contributed by atoms with Crippen molar-refractivity contribution < 1.29 is 13.6 Å². The van der Waals surface area contributed by atoms with E-state index in [-0.39, 0.29) is 5.75 Å². The van der Waals surface area contributed by atoms with Crippen LogP contribution in [0.5, 0.6) is 5.75 Å². The maximum Gasteiger partial charge on any atom is 0.183 e. The Labute approximate surface area is 74.7 Å². The van der Waals surface area contributed by atoms with Gasteiger partial charge in [0.05, 0.1) is 0 Å². The molecule has 0 bridgehead atoms. The van der Waals surface area contributed by atoms with Gasteiger partial charge in [0.2, 0.25) is 0 Å². The van der Waals surface area contributed by atoms with E-state index in [0.717, 1.165) is 25.6 Å². The van der Waals surface area contributed by atoms with Crippen LogP contribution in [0.1, 0.15) is 6.42 Å². The highest BCUT2D eigenvalue weighted by Crippen LogP contribution is 2.20. The zero-order valence-electron chi connectivity index (χ0n) is 6.96. The first kappa shape index (κ1) is 8.44. The van der Waals surface area contributed by atoms with Gasteiger partial charge in [0.25, 0.3) is 0 Å². The molecule has 13 heavy (non-hydrogen) atoms. The minimum Gasteiger partial charge on any atom is -0.403 e. The smallest absolute Gasteiger partial charge is 0.183 e. The van der Waals surface area contributed by atoms with E-state index in [0.29, 0.717) is 0 Å². The summed E-state index contributed by atoms with van der Waals surface area (Å²) >= 11 is 0. The minimum absolute atomic E-state index is 0.0844. The molecule has 4 heteroatoms. The molecule has 1 aliphatic heterocycles. The van der Waals surface area contributed by atoms with Crippen LogP contribution in [0.4, 0.5) is 8.78 Å². The number of hydrogen-bond acceptors (Lipinski definition) is 2. The Morgan fingerprint density at radius 1 is 1.23 bits per heavy atom. The SMILES string of the molecule is Fc1ccc(ON2CCC2)c(F)c1. The molecule has 0 radical (unpaired) electrons. The summed E-state index contributed by atoms with van der Waals surface area (Å²) in [7, 11) is 0. The van der Waals surface area contributed by atoms with Crippen molar-refractivity contribution in [1.29, 1.82) is 0 Å². The van der Waals surface area contributed by atoms with Gasteiger partial charge in [-0.1, -0.05) is 0 Å². The number of nitrogens with zero attached hydrogens (tertiary/aromatic N) is 1. The van der Waals surface area contributed by atoms with Crippen LogP contribution < -0.4 is 4.84 Å². The zero-order chi connectivity index (χ0) is 9.26. The van der Waals surface area contributed by atoms with Gasteiger partial charge in [0.15, 0.2) is 11.6 Å². The molecule has 70 valence electrons. The van der Waals surface area contributed by atoms with Gasteiger partial charge >= 0.3 is 0 Å². The van der Waals surface area contributed by atoms with Crippen molar-refractivity contribution >= 4 is 0 Å². The monoisotopic (exact) mass is 185 g/mol. The maximum absolute atomic E-state index is 13.0. The summed E-state index contributed by atoms with van der Waals surface area (Å²) in [5.41, 5.74) is 0. The molecule has 1 aromatic carbocycles. The molecule has 0 aromatic heterocycles. The highest BCUT2D eigenvalue weighted by molar-refractivity contribution is 5.24. The molecule has 0 amide bonds. The van der Waals surface area contributed by atoms with Crippen LogP contribution in [0.3, 0.4) is 0 Å². The number of hydrogen-bond donors (Lipinski definition) is 0. The highest BCUT2D eigenvalue weighted by Gasteiger charge is 2.17. The average molecular weight is 185 g/mol. The number of hydroxylamine groups is 2. The van der Waals surface area contributed by atoms with E-state index in [1.54, 1.807) is 5.06 Å². The Morgan fingerprint density at radius 2 is 2.00 bits per heavy atom. The highest BCUT2D eigenvalue weighted by atomic mass is 19.1. The molecule has 1 fully saturated rings. The second-order valence-electron chi connectivity index (χ2n) is 2.95. The summed E-state index contributed by atoms with van der Waals surface area (Å²) in [6.45, 7) is 1.60. The molecular weight excluding hydrogens is 176 g/mol. The van der Waals surface area contributed by atoms with Crippen molar-refractivity contribution in [3.05, 3.63) is 29.8 Å². The van der Waals surface area contributed by atoms with Crippen molar-refractivity contribution in [2.75, 3.05) is 13.1 Å². The van der Waals surface area contributed by atoms with Crippen molar-refractivity contribution in [3.63, 3.8) is 0 Å². The second-order valence-corrected chi connectivity index (χ2v) is 2.95. The number of benzene rings is 1. The summed E-state index contributed by atoms with van der Waals surface area (Å²) in [6.07, 6.45) is 1.06. The Hall–Kier alpha value is -1.16. The van der Waals surface area contributed by atoms with Crippen molar-refractivity contribution in [2.24, 2.45) is 0 Å². The summed E-state index contributed by atoms with van der Waals surface area (Å²) in [4.78, 5) is 5.13. The van der Waals surface area contributed by atoms with Gasteiger partial charge < -0.3 is 4.84 Å². The van der Waals surface area contributed by atoms with Gasteiger partial charge in [-0.05, 0) is 18.6 Å². The van der Waals surface area contributed by atoms with Gasteiger partial charge in [-0.2, -0.15) is 0 Å². The topological polar surface area (TPSA) is 12.5 Å². The molecule has 1 saturated heterocycles. The maximum atomic E-state index is 13.0. The Morgan fingerprint density at radius 3 is 2.54 bits per heavy atom. The molecule has 0 saturated carbocycles. The molecule has 2 rings (SSSR count). The molecule has 0 N–H and O–H groups in total. The third-order valence-corrected chi connectivity index (χ3v) is 1.94. The standard InChI is InChI=1S/C9H9F2NO/c10-7-2-3-9(8(11)6-7)13-12-4-1-5-12/h2-3,6H,1,4-5H2. The van der Waals surface area contributed by atoms with E-state index >= 15 is 0 Å². The molecule has 1 aromatic rings. The van der Waals surface area contributed by atoms with E-state index in [9.17, 15) is 8.78 Å². The van der Waals surface area contributed by atoms with Crippen LogP contribution in [0.15, 0.2) is 18.2 Å². The van der Waals surface area contributed by atoms with E-state index < -0.39 is 11.6 Å². The predicted molar refractivity (Wildman–Crippen MR) is 43.2 cm³/mol. The van der Waals surface area contributed by atoms with Gasteiger partial charge in [-0.15, -0.1) is 5.06 Å². The van der Waals surface area contributed by atoms with Gasteiger partial charge in [0.1, 0.15) is 5.82 Å². The van der Waals surface area contributed by atoms with Crippen LogP contribution in [0, 0.1) is 11.6 Å². The summed E-state index contributed by atoms with van der Waals surface area (Å²) in [6, 6.07) is 3.29. The lowest BCUT2D eigenvalue weighted by Crippen LogP contribution is -2.39. The minimum atomic E-state index is -0.660. The molecule has 0 aliphatic carbocycles. The Bertz CT molecular complexity index is 312. The van der Waals surface area contributed by atoms with E-state index in [2.05, 4.69) is 0 Å². The fourth-order valence-electron chi connectivity index (χ4n) is 1.07. The number of rotatable bonds is 2. The lowest BCUT2D eigenvalue weighted by molar-refractivity contribution is -0.109. The van der Waals surface area contributed by atoms with Crippen molar-refractivity contribution in [2.45, 2.75) is 6.42 Å². The van der Waals surface area contributed by atoms with Crippen LogP contribution in [0.25, 0.3) is 0 Å². The fourth-order valence-corrected chi connectivity index (χ4v) is 1.07. The van der Waals surface area contributed by atoms with E-state index in [1.807, 2.05) is 0 Å². The van der Waals surface area contributed by atoms with Crippen LogP contribution in [-0.2, 0) is 0 Å². The lowest BCUT2D eigenvalue weighted by Gasteiger charge is -2.29. The largest absolute Gasteiger partial charge is 0.403 e. The first-order chi connectivity index (χ1) is 6.25. The molecule has 2 nitrogen and oxygen atoms in total. The van der Waals surface area contributed by atoms with Gasteiger partial charge in [0, 0.05) is 19.2 Å². The van der Waals surface area contributed by atoms with Crippen LogP contribution in [-0.4, -0.2) is 18.2 Å². The molecule has 0 unspecified atom stereocenters. The third-order valence-electron chi connectivity index (χ3n) is 1.94. The van der Waals surface area contributed by atoms with Gasteiger partial charge in [-0.3, -0.25) is 0 Å². The van der Waals surface area contributed by atoms with Crippen molar-refractivity contribution in [3.8, 4) is 5.75 Å². The van der Waals surface area contributed by atoms with Crippen LogP contribution in [0.2, 0.25) is 0 Å². The molecule has 1 aliphatic rings. The Balaban J connectivity index is 2.10. The summed E-state index contributed by atoms with van der Waals surface area (Å²) < 4.78 is 25.5. The van der Waals surface area contributed by atoms with Gasteiger partial charge in [-0.25, -0.2) is 8.78 Å². The fraction of sp³-hybridized carbons (Fsp3) is 0.333. The summed E-state index contributed by atoms with van der Waals surface area (Å²) in [5, 5.41) is 1.64. The molecule has 0 atom stereocenters. The summed E-state index contributed by atoms with van der Waals surface area (Å²) in [5.74, 6) is -1.17. The van der Waals surface area contributed by atoms with E-state index in [1.165, 1.54) is 12.1 Å². The normalized spacial score (nSPS) is 16.8. The molecule has 1 heterocycles. The average Bonchev–Trinajstić information content (AvgIpc) is 1.99. The molecule has 0 spiro atoms. The first-order valence-corrected chi connectivity index (χ1v) is 4.14. The number of halogens is 2. The second kappa shape index (κ2) is 3.30. The predicted octanol–water partition coefficient (Wildman–Crippen LogP) is 1.96. The lowest BCUT2D eigenvalue weighted by atomic mass is 10.3. The first-order valence-electron chi connectivity index (χ1n) is 4.14. The zero-order valence-corrected chi connectivity index (χ0v) is 6.96. The van der Waals surface area contributed by atoms with Crippen molar-refractivity contribution in [1.82, 2.24) is 5.06 Å². The Kier molecular flexibility index (Phi) is 2.14.